The van der Waals surface area contributed by atoms with Gasteiger partial charge in [0.1, 0.15) is 0 Å². The lowest BCUT2D eigenvalue weighted by atomic mass is 9.70. The number of imide groups is 1. The molecule has 0 bridgehead atoms. The van der Waals surface area contributed by atoms with E-state index in [-0.39, 0.29) is 23.1 Å². The Labute approximate surface area is 96.4 Å². The third-order valence-corrected chi connectivity index (χ3v) is 4.23. The zero-order valence-electron chi connectivity index (χ0n) is 10.2. The van der Waals surface area contributed by atoms with Crippen LogP contribution in [0.4, 0.5) is 0 Å². The fourth-order valence-electron chi connectivity index (χ4n) is 2.91. The molecule has 2 fully saturated rings. The third-order valence-electron chi connectivity index (χ3n) is 4.23. The fourth-order valence-corrected chi connectivity index (χ4v) is 2.91. The van der Waals surface area contributed by atoms with Crippen LogP contribution in [0, 0.1) is 11.3 Å². The van der Waals surface area contributed by atoms with E-state index in [0.29, 0.717) is 12.5 Å². The lowest BCUT2D eigenvalue weighted by Gasteiger charge is -2.38. The zero-order chi connectivity index (χ0) is 11.9. The average molecular weight is 224 g/mol. The molecule has 2 heterocycles. The molecule has 0 radical (unpaired) electrons. The van der Waals surface area contributed by atoms with Crippen molar-refractivity contribution in [3.8, 4) is 0 Å². The molecule has 2 unspecified atom stereocenters. The van der Waals surface area contributed by atoms with Crippen LogP contribution in [-0.2, 0) is 9.59 Å². The summed E-state index contributed by atoms with van der Waals surface area (Å²) in [4.78, 5) is 25.6. The largest absolute Gasteiger partial charge is 0.300 e. The van der Waals surface area contributed by atoms with Gasteiger partial charge in [0.25, 0.3) is 0 Å². The van der Waals surface area contributed by atoms with Crippen molar-refractivity contribution in [1.82, 2.24) is 10.2 Å². The first-order valence-corrected chi connectivity index (χ1v) is 6.02. The Balaban J connectivity index is 2.18. The van der Waals surface area contributed by atoms with Crippen LogP contribution in [-0.4, -0.2) is 35.8 Å². The highest BCUT2D eigenvalue weighted by Gasteiger charge is 2.50. The first kappa shape index (κ1) is 11.6. The van der Waals surface area contributed by atoms with E-state index in [0.717, 1.165) is 19.5 Å². The van der Waals surface area contributed by atoms with Crippen LogP contribution in [0.5, 0.6) is 0 Å². The highest BCUT2D eigenvalue weighted by molar-refractivity contribution is 5.99. The van der Waals surface area contributed by atoms with Crippen LogP contribution in [0.3, 0.4) is 0 Å². The molecule has 1 spiro atoms. The molecule has 90 valence electrons. The summed E-state index contributed by atoms with van der Waals surface area (Å²) in [6.45, 7) is 8.15. The smallest absolute Gasteiger partial charge is 0.230 e. The summed E-state index contributed by atoms with van der Waals surface area (Å²) in [6, 6.07) is 0.492. The minimum atomic E-state index is -0.107. The van der Waals surface area contributed by atoms with Crippen molar-refractivity contribution in [3.05, 3.63) is 0 Å². The zero-order valence-corrected chi connectivity index (χ0v) is 10.2. The summed E-state index contributed by atoms with van der Waals surface area (Å²) in [5.41, 5.74) is -0.107. The van der Waals surface area contributed by atoms with E-state index in [1.165, 1.54) is 0 Å². The minimum absolute atomic E-state index is 0.0473. The van der Waals surface area contributed by atoms with Crippen molar-refractivity contribution in [2.24, 2.45) is 11.3 Å². The Hall–Kier alpha value is -0.900. The number of hydrogen-bond donors (Lipinski definition) is 1. The summed E-state index contributed by atoms with van der Waals surface area (Å²) < 4.78 is 0. The SMILES string of the molecule is CC(C)N1CCC2(CC(=O)NC(=O)C2C)C1. The normalized spacial score (nSPS) is 36.1. The quantitative estimate of drug-likeness (QED) is 0.669. The molecule has 0 aliphatic carbocycles. The van der Waals surface area contributed by atoms with Gasteiger partial charge >= 0.3 is 0 Å². The van der Waals surface area contributed by atoms with Crippen molar-refractivity contribution in [3.63, 3.8) is 0 Å². The molecule has 0 aromatic heterocycles. The van der Waals surface area contributed by atoms with E-state index < -0.39 is 0 Å². The highest BCUT2D eigenvalue weighted by atomic mass is 16.2. The van der Waals surface area contributed by atoms with Gasteiger partial charge in [-0.2, -0.15) is 0 Å². The van der Waals surface area contributed by atoms with Crippen molar-refractivity contribution in [2.45, 2.75) is 39.7 Å². The molecule has 2 aliphatic heterocycles. The monoisotopic (exact) mass is 224 g/mol. The van der Waals surface area contributed by atoms with Crippen molar-refractivity contribution < 1.29 is 9.59 Å². The average Bonchev–Trinajstić information content (AvgIpc) is 2.59. The van der Waals surface area contributed by atoms with Gasteiger partial charge in [0, 0.05) is 30.3 Å². The van der Waals surface area contributed by atoms with E-state index in [4.69, 9.17) is 0 Å². The molecular weight excluding hydrogens is 204 g/mol. The molecule has 2 saturated heterocycles. The van der Waals surface area contributed by atoms with Gasteiger partial charge in [0.05, 0.1) is 0 Å². The number of piperidine rings is 1. The molecule has 0 aromatic rings. The lowest BCUT2D eigenvalue weighted by Crippen LogP contribution is -2.52. The highest BCUT2D eigenvalue weighted by Crippen LogP contribution is 2.43. The van der Waals surface area contributed by atoms with Gasteiger partial charge in [0.15, 0.2) is 0 Å². The predicted octanol–water partition coefficient (Wildman–Crippen LogP) is 0.770. The molecule has 4 nitrogen and oxygen atoms in total. The van der Waals surface area contributed by atoms with E-state index in [1.807, 2.05) is 6.92 Å². The van der Waals surface area contributed by atoms with Gasteiger partial charge in [-0.3, -0.25) is 14.9 Å². The van der Waals surface area contributed by atoms with E-state index >= 15 is 0 Å². The number of carbonyl (C=O) groups excluding carboxylic acids is 2. The second-order valence-electron chi connectivity index (χ2n) is 5.49. The summed E-state index contributed by atoms with van der Waals surface area (Å²) in [5, 5.41) is 2.43. The summed E-state index contributed by atoms with van der Waals surface area (Å²) in [6.07, 6.45) is 1.47. The molecule has 2 rings (SSSR count). The topological polar surface area (TPSA) is 49.4 Å². The number of nitrogens with one attached hydrogen (secondary N) is 1. The van der Waals surface area contributed by atoms with Crippen molar-refractivity contribution in [1.29, 1.82) is 0 Å². The van der Waals surface area contributed by atoms with Crippen LogP contribution in [0.15, 0.2) is 0 Å². The van der Waals surface area contributed by atoms with Crippen LogP contribution in [0.25, 0.3) is 0 Å². The minimum Gasteiger partial charge on any atom is -0.300 e. The maximum atomic E-state index is 11.7. The molecule has 16 heavy (non-hydrogen) atoms. The van der Waals surface area contributed by atoms with Gasteiger partial charge in [-0.1, -0.05) is 6.92 Å². The fraction of sp³-hybridized carbons (Fsp3) is 0.833. The second-order valence-corrected chi connectivity index (χ2v) is 5.49. The van der Waals surface area contributed by atoms with Crippen molar-refractivity contribution in [2.75, 3.05) is 13.1 Å². The Bertz CT molecular complexity index is 327. The van der Waals surface area contributed by atoms with Gasteiger partial charge in [-0.05, 0) is 26.8 Å². The Morgan fingerprint density at radius 2 is 2.12 bits per heavy atom. The van der Waals surface area contributed by atoms with Gasteiger partial charge in [-0.25, -0.2) is 0 Å². The van der Waals surface area contributed by atoms with E-state index in [2.05, 4.69) is 24.1 Å². The predicted molar refractivity (Wildman–Crippen MR) is 60.7 cm³/mol. The van der Waals surface area contributed by atoms with E-state index in [1.54, 1.807) is 0 Å². The number of hydrogen-bond acceptors (Lipinski definition) is 3. The number of amides is 2. The first-order valence-electron chi connectivity index (χ1n) is 6.02. The maximum Gasteiger partial charge on any atom is 0.230 e. The third kappa shape index (κ3) is 1.75. The molecule has 1 N–H and O–H groups in total. The summed E-state index contributed by atoms with van der Waals surface area (Å²) in [7, 11) is 0. The second kappa shape index (κ2) is 3.84. The van der Waals surface area contributed by atoms with Gasteiger partial charge in [0.2, 0.25) is 11.8 Å². The molecule has 2 aliphatic rings. The summed E-state index contributed by atoms with van der Waals surface area (Å²) in [5.74, 6) is -0.246. The standard InChI is InChI=1S/C12H20N2O2/c1-8(2)14-5-4-12(7-14)6-10(15)13-11(16)9(12)3/h8-9H,4-7H2,1-3H3,(H,13,15,16). The number of nitrogens with zero attached hydrogens (tertiary/aromatic N) is 1. The first-order chi connectivity index (χ1) is 7.44. The molecular formula is C12H20N2O2. The molecule has 4 heteroatoms. The summed E-state index contributed by atoms with van der Waals surface area (Å²) >= 11 is 0. The lowest BCUT2D eigenvalue weighted by molar-refractivity contribution is -0.142. The van der Waals surface area contributed by atoms with Crippen LogP contribution < -0.4 is 5.32 Å². The number of likely N-dealkylation sites (tertiary alicyclic amines) is 1. The Morgan fingerprint density at radius 1 is 1.44 bits per heavy atom. The molecule has 2 atom stereocenters. The maximum absolute atomic E-state index is 11.7. The van der Waals surface area contributed by atoms with E-state index in [9.17, 15) is 9.59 Å². The Kier molecular flexibility index (Phi) is 2.78. The Morgan fingerprint density at radius 3 is 2.69 bits per heavy atom. The molecule has 2 amide bonds. The number of carbonyl (C=O) groups is 2. The van der Waals surface area contributed by atoms with Crippen LogP contribution in [0.2, 0.25) is 0 Å². The van der Waals surface area contributed by atoms with Crippen molar-refractivity contribution >= 4 is 11.8 Å². The van der Waals surface area contributed by atoms with Crippen LogP contribution >= 0.6 is 0 Å². The van der Waals surface area contributed by atoms with Gasteiger partial charge in [-0.15, -0.1) is 0 Å². The van der Waals surface area contributed by atoms with Crippen LogP contribution in [0.1, 0.15) is 33.6 Å². The number of rotatable bonds is 1. The molecule has 0 aromatic carbocycles. The molecule has 0 saturated carbocycles. The van der Waals surface area contributed by atoms with Gasteiger partial charge < -0.3 is 4.90 Å².